The first kappa shape index (κ1) is 21.0. The second-order valence-corrected chi connectivity index (χ2v) is 5.60. The van der Waals surface area contributed by atoms with Gasteiger partial charge in [-0.1, -0.05) is 42.5 Å². The fourth-order valence-corrected chi connectivity index (χ4v) is 2.29. The minimum absolute atomic E-state index is 0. The molecule has 0 fully saturated rings. The summed E-state index contributed by atoms with van der Waals surface area (Å²) < 4.78 is 36.8. The van der Waals surface area contributed by atoms with E-state index in [9.17, 15) is 18.0 Å². The van der Waals surface area contributed by atoms with Crippen LogP contribution >= 0.6 is 12.4 Å². The average molecular weight is 373 g/mol. The number of hydrogen-bond acceptors (Lipinski definition) is 2. The predicted octanol–water partition coefficient (Wildman–Crippen LogP) is 4.11. The molecule has 0 saturated heterocycles. The Bertz CT molecular complexity index is 678. The van der Waals surface area contributed by atoms with Crippen LogP contribution in [0.2, 0.25) is 0 Å². The normalized spacial score (nSPS) is 12.2. The molecule has 7 heteroatoms. The third kappa shape index (κ3) is 7.58. The quantitative estimate of drug-likeness (QED) is 0.801. The summed E-state index contributed by atoms with van der Waals surface area (Å²) in [5, 5.41) is 2.65. The van der Waals surface area contributed by atoms with E-state index in [1.165, 1.54) is 0 Å². The van der Waals surface area contributed by atoms with Crippen molar-refractivity contribution in [2.45, 2.75) is 31.5 Å². The van der Waals surface area contributed by atoms with Crippen LogP contribution in [0, 0.1) is 0 Å². The van der Waals surface area contributed by atoms with E-state index in [0.29, 0.717) is 17.7 Å². The Kier molecular flexibility index (Phi) is 7.93. The molecule has 0 aliphatic heterocycles. The zero-order chi connectivity index (χ0) is 17.6. The largest absolute Gasteiger partial charge is 0.389 e. The molecule has 0 unspecified atom stereocenters. The molecular formula is C18H20ClF3N2O. The highest BCUT2D eigenvalue weighted by Gasteiger charge is 2.26. The van der Waals surface area contributed by atoms with E-state index in [2.05, 4.69) is 5.32 Å². The zero-order valence-corrected chi connectivity index (χ0v) is 14.2. The molecule has 2 rings (SSSR count). The summed E-state index contributed by atoms with van der Waals surface area (Å²) in [6.07, 6.45) is -4.82. The van der Waals surface area contributed by atoms with Gasteiger partial charge in [-0.3, -0.25) is 4.79 Å². The Morgan fingerprint density at radius 3 is 2.32 bits per heavy atom. The molecule has 0 bridgehead atoms. The van der Waals surface area contributed by atoms with Crippen molar-refractivity contribution in [3.8, 4) is 0 Å². The first-order chi connectivity index (χ1) is 11.3. The Balaban J connectivity index is 0.00000312. The van der Waals surface area contributed by atoms with Gasteiger partial charge in [-0.15, -0.1) is 12.4 Å². The van der Waals surface area contributed by atoms with Crippen molar-refractivity contribution in [3.05, 3.63) is 65.7 Å². The SMILES string of the molecule is Cl.N[C@@H](Cc1ccccc1)C(=O)Nc1cccc(CCC(F)(F)F)c1. The van der Waals surface area contributed by atoms with Gasteiger partial charge in [0.05, 0.1) is 6.04 Å². The Morgan fingerprint density at radius 2 is 1.68 bits per heavy atom. The van der Waals surface area contributed by atoms with Crippen LogP contribution in [0.4, 0.5) is 18.9 Å². The molecule has 0 radical (unpaired) electrons. The van der Waals surface area contributed by atoms with Gasteiger partial charge >= 0.3 is 6.18 Å². The minimum atomic E-state index is -4.20. The fourth-order valence-electron chi connectivity index (χ4n) is 2.29. The lowest BCUT2D eigenvalue weighted by molar-refractivity contribution is -0.134. The van der Waals surface area contributed by atoms with Crippen molar-refractivity contribution in [2.24, 2.45) is 5.73 Å². The second-order valence-electron chi connectivity index (χ2n) is 5.60. The zero-order valence-electron chi connectivity index (χ0n) is 13.4. The van der Waals surface area contributed by atoms with Gasteiger partial charge in [0, 0.05) is 12.1 Å². The third-order valence-corrected chi connectivity index (χ3v) is 3.53. The van der Waals surface area contributed by atoms with E-state index >= 15 is 0 Å². The van der Waals surface area contributed by atoms with Crippen LogP contribution in [0.15, 0.2) is 54.6 Å². The van der Waals surface area contributed by atoms with Crippen molar-refractivity contribution < 1.29 is 18.0 Å². The molecule has 1 amide bonds. The van der Waals surface area contributed by atoms with Crippen LogP contribution in [-0.4, -0.2) is 18.1 Å². The van der Waals surface area contributed by atoms with Gasteiger partial charge in [0.15, 0.2) is 0 Å². The number of carbonyl (C=O) groups is 1. The first-order valence-corrected chi connectivity index (χ1v) is 7.59. The molecule has 25 heavy (non-hydrogen) atoms. The van der Waals surface area contributed by atoms with Gasteiger partial charge in [-0.05, 0) is 36.1 Å². The Labute approximate surface area is 150 Å². The molecule has 0 spiro atoms. The van der Waals surface area contributed by atoms with Gasteiger partial charge in [0.2, 0.25) is 5.91 Å². The molecule has 2 aromatic carbocycles. The van der Waals surface area contributed by atoms with Gasteiger partial charge in [0.25, 0.3) is 0 Å². The summed E-state index contributed by atoms with van der Waals surface area (Å²) in [5.41, 5.74) is 7.80. The molecule has 0 aromatic heterocycles. The molecule has 0 aliphatic carbocycles. The number of amides is 1. The van der Waals surface area contributed by atoms with Crippen molar-refractivity contribution in [1.82, 2.24) is 0 Å². The molecule has 3 N–H and O–H groups in total. The molecule has 0 saturated carbocycles. The predicted molar refractivity (Wildman–Crippen MR) is 94.8 cm³/mol. The number of nitrogens with two attached hydrogens (primary N) is 1. The van der Waals surface area contributed by atoms with Crippen LogP contribution in [0.25, 0.3) is 0 Å². The fraction of sp³-hybridized carbons (Fsp3) is 0.278. The van der Waals surface area contributed by atoms with E-state index in [-0.39, 0.29) is 24.7 Å². The monoisotopic (exact) mass is 372 g/mol. The van der Waals surface area contributed by atoms with Gasteiger partial charge in [-0.2, -0.15) is 13.2 Å². The topological polar surface area (TPSA) is 55.1 Å². The summed E-state index contributed by atoms with van der Waals surface area (Å²) in [4.78, 5) is 12.1. The lowest BCUT2D eigenvalue weighted by atomic mass is 10.1. The van der Waals surface area contributed by atoms with Crippen LogP contribution in [0.3, 0.4) is 0 Å². The maximum Gasteiger partial charge on any atom is 0.389 e. The lowest BCUT2D eigenvalue weighted by Gasteiger charge is -2.13. The van der Waals surface area contributed by atoms with Gasteiger partial charge in [-0.25, -0.2) is 0 Å². The molecule has 0 aliphatic rings. The summed E-state index contributed by atoms with van der Waals surface area (Å²) in [6, 6.07) is 15.0. The van der Waals surface area contributed by atoms with Gasteiger partial charge < -0.3 is 11.1 Å². The standard InChI is InChI=1S/C18H19F3N2O.ClH/c19-18(20,21)10-9-14-7-4-8-15(11-14)23-17(24)16(22)12-13-5-2-1-3-6-13;/h1-8,11,16H,9-10,12,22H2,(H,23,24);1H/t16-;/m0./s1. The number of rotatable bonds is 6. The highest BCUT2D eigenvalue weighted by molar-refractivity contribution is 5.94. The number of hydrogen-bond donors (Lipinski definition) is 2. The molecular weight excluding hydrogens is 353 g/mol. The second kappa shape index (κ2) is 9.44. The summed E-state index contributed by atoms with van der Waals surface area (Å²) in [6.45, 7) is 0. The van der Waals surface area contributed by atoms with E-state index in [1.807, 2.05) is 30.3 Å². The van der Waals surface area contributed by atoms with Crippen molar-refractivity contribution in [3.63, 3.8) is 0 Å². The van der Waals surface area contributed by atoms with E-state index in [0.717, 1.165) is 5.56 Å². The molecule has 1 atom stereocenters. The number of aryl methyl sites for hydroxylation is 1. The number of benzene rings is 2. The molecule has 0 heterocycles. The number of carbonyl (C=O) groups excluding carboxylic acids is 1. The van der Waals surface area contributed by atoms with E-state index in [1.54, 1.807) is 24.3 Å². The van der Waals surface area contributed by atoms with Crippen LogP contribution < -0.4 is 11.1 Å². The molecule has 3 nitrogen and oxygen atoms in total. The van der Waals surface area contributed by atoms with Crippen LogP contribution in [-0.2, 0) is 17.6 Å². The maximum atomic E-state index is 12.3. The lowest BCUT2D eigenvalue weighted by Crippen LogP contribution is -2.37. The smallest absolute Gasteiger partial charge is 0.325 e. The van der Waals surface area contributed by atoms with E-state index in [4.69, 9.17) is 5.73 Å². The Morgan fingerprint density at radius 1 is 1.04 bits per heavy atom. The van der Waals surface area contributed by atoms with Crippen molar-refractivity contribution in [2.75, 3.05) is 5.32 Å². The minimum Gasteiger partial charge on any atom is -0.325 e. The van der Waals surface area contributed by atoms with Crippen LogP contribution in [0.5, 0.6) is 0 Å². The van der Waals surface area contributed by atoms with Crippen molar-refractivity contribution >= 4 is 24.0 Å². The number of halogens is 4. The Hall–Kier alpha value is -2.05. The summed E-state index contributed by atoms with van der Waals surface area (Å²) >= 11 is 0. The van der Waals surface area contributed by atoms with Gasteiger partial charge in [0.1, 0.15) is 0 Å². The first-order valence-electron chi connectivity index (χ1n) is 7.59. The third-order valence-electron chi connectivity index (χ3n) is 3.53. The highest BCUT2D eigenvalue weighted by atomic mass is 35.5. The number of nitrogens with one attached hydrogen (secondary N) is 1. The van der Waals surface area contributed by atoms with Crippen LogP contribution in [0.1, 0.15) is 17.5 Å². The van der Waals surface area contributed by atoms with E-state index < -0.39 is 18.6 Å². The summed E-state index contributed by atoms with van der Waals surface area (Å²) in [7, 11) is 0. The average Bonchev–Trinajstić information content (AvgIpc) is 2.53. The van der Waals surface area contributed by atoms with Crippen molar-refractivity contribution in [1.29, 1.82) is 0 Å². The number of alkyl halides is 3. The summed E-state index contributed by atoms with van der Waals surface area (Å²) in [5.74, 6) is -0.369. The maximum absolute atomic E-state index is 12.3. The highest BCUT2D eigenvalue weighted by Crippen LogP contribution is 2.23. The molecule has 2 aromatic rings. The number of anilines is 1. The molecule has 136 valence electrons.